The van der Waals surface area contributed by atoms with Gasteiger partial charge in [0.1, 0.15) is 5.01 Å². The third-order valence-electron chi connectivity index (χ3n) is 3.25. The number of hydrogen-bond acceptors (Lipinski definition) is 3. The van der Waals surface area contributed by atoms with E-state index in [1.807, 2.05) is 6.92 Å². The van der Waals surface area contributed by atoms with Crippen molar-refractivity contribution in [2.75, 3.05) is 0 Å². The fourth-order valence-corrected chi connectivity index (χ4v) is 2.99. The molecule has 0 saturated carbocycles. The van der Waals surface area contributed by atoms with Crippen LogP contribution in [-0.4, -0.2) is 11.0 Å². The number of aryl methyl sites for hydroxylation is 2. The highest BCUT2D eigenvalue weighted by molar-refractivity contribution is 7.09. The van der Waals surface area contributed by atoms with Gasteiger partial charge in [-0.2, -0.15) is 0 Å². The highest BCUT2D eigenvalue weighted by atomic mass is 32.1. The summed E-state index contributed by atoms with van der Waals surface area (Å²) < 4.78 is 0. The summed E-state index contributed by atoms with van der Waals surface area (Å²) in [5, 5.41) is 6.93. The van der Waals surface area contributed by atoms with Crippen LogP contribution in [0.3, 0.4) is 0 Å². The number of thiazole rings is 1. The lowest BCUT2D eigenvalue weighted by atomic mass is 10.1. The van der Waals surface area contributed by atoms with Gasteiger partial charge in [0.2, 0.25) is 0 Å². The van der Waals surface area contributed by atoms with Crippen molar-refractivity contribution in [1.82, 2.24) is 10.3 Å². The third kappa shape index (κ3) is 4.44. The molecule has 0 aliphatic rings. The summed E-state index contributed by atoms with van der Waals surface area (Å²) in [6.07, 6.45) is 2.28. The molecule has 2 aromatic rings. The summed E-state index contributed by atoms with van der Waals surface area (Å²) >= 11 is 1.74. The zero-order valence-electron chi connectivity index (χ0n) is 11.9. The Morgan fingerprint density at radius 1 is 1.21 bits per heavy atom. The van der Waals surface area contributed by atoms with Gasteiger partial charge in [0.05, 0.1) is 6.04 Å². The smallest absolute Gasteiger partial charge is 0.110 e. The maximum Gasteiger partial charge on any atom is 0.110 e. The first-order valence-electron chi connectivity index (χ1n) is 6.87. The molecule has 3 heteroatoms. The van der Waals surface area contributed by atoms with Crippen LogP contribution in [0.1, 0.15) is 42.6 Å². The molecular formula is C16H22N2S. The van der Waals surface area contributed by atoms with Gasteiger partial charge in [-0.3, -0.25) is 0 Å². The molecule has 1 heterocycles. The number of hydrogen-bond donors (Lipinski definition) is 1. The minimum atomic E-state index is 0.337. The van der Waals surface area contributed by atoms with Gasteiger partial charge in [-0.1, -0.05) is 30.3 Å². The largest absolute Gasteiger partial charge is 0.306 e. The molecule has 1 aromatic heterocycles. The Morgan fingerprint density at radius 3 is 2.58 bits per heavy atom. The summed E-state index contributed by atoms with van der Waals surface area (Å²) in [6, 6.07) is 11.5. The predicted octanol–water partition coefficient (Wildman–Crippen LogP) is 4.12. The van der Waals surface area contributed by atoms with Crippen LogP contribution < -0.4 is 5.32 Å². The van der Waals surface area contributed by atoms with E-state index in [-0.39, 0.29) is 0 Å². The Hall–Kier alpha value is -1.19. The summed E-state index contributed by atoms with van der Waals surface area (Å²) in [5.41, 5.74) is 2.53. The number of aromatic nitrogens is 1. The molecule has 2 unspecified atom stereocenters. The van der Waals surface area contributed by atoms with Gasteiger partial charge < -0.3 is 5.32 Å². The first-order valence-corrected chi connectivity index (χ1v) is 7.75. The second-order valence-corrected chi connectivity index (χ2v) is 6.03. The molecule has 0 radical (unpaired) electrons. The van der Waals surface area contributed by atoms with Crippen LogP contribution in [-0.2, 0) is 6.42 Å². The Balaban J connectivity index is 1.79. The normalized spacial score (nSPS) is 14.3. The Labute approximate surface area is 119 Å². The van der Waals surface area contributed by atoms with Gasteiger partial charge >= 0.3 is 0 Å². The fraction of sp³-hybridized carbons (Fsp3) is 0.438. The van der Waals surface area contributed by atoms with Crippen molar-refractivity contribution in [2.45, 2.75) is 45.7 Å². The van der Waals surface area contributed by atoms with Crippen molar-refractivity contribution in [3.63, 3.8) is 0 Å². The lowest BCUT2D eigenvalue weighted by molar-refractivity contribution is 0.455. The lowest BCUT2D eigenvalue weighted by Crippen LogP contribution is -2.29. The van der Waals surface area contributed by atoms with Crippen LogP contribution >= 0.6 is 11.3 Å². The first kappa shape index (κ1) is 14.2. The van der Waals surface area contributed by atoms with Crippen LogP contribution in [0.25, 0.3) is 0 Å². The van der Waals surface area contributed by atoms with Gasteiger partial charge in [0, 0.05) is 17.1 Å². The Morgan fingerprint density at radius 2 is 1.95 bits per heavy atom. The zero-order chi connectivity index (χ0) is 13.7. The van der Waals surface area contributed by atoms with E-state index in [0.717, 1.165) is 18.5 Å². The Bertz CT molecular complexity index is 492. The van der Waals surface area contributed by atoms with Gasteiger partial charge in [0.15, 0.2) is 0 Å². The standard InChI is InChI=1S/C16H22N2S/c1-12(9-10-15-7-5-4-6-8-15)17-14(3)16-18-13(2)11-19-16/h4-8,11-12,14,17H,9-10H2,1-3H3. The van der Waals surface area contributed by atoms with Gasteiger partial charge in [-0.15, -0.1) is 11.3 Å². The number of rotatable bonds is 6. The van der Waals surface area contributed by atoms with Gasteiger partial charge in [-0.25, -0.2) is 4.98 Å². The minimum Gasteiger partial charge on any atom is -0.306 e. The van der Waals surface area contributed by atoms with Crippen LogP contribution in [0.4, 0.5) is 0 Å². The second-order valence-electron chi connectivity index (χ2n) is 5.14. The monoisotopic (exact) mass is 274 g/mol. The van der Waals surface area contributed by atoms with Crippen molar-refractivity contribution in [3.8, 4) is 0 Å². The molecule has 1 N–H and O–H groups in total. The summed E-state index contributed by atoms with van der Waals surface area (Å²) in [6.45, 7) is 6.49. The quantitative estimate of drug-likeness (QED) is 0.857. The lowest BCUT2D eigenvalue weighted by Gasteiger charge is -2.18. The van der Waals surface area contributed by atoms with E-state index in [1.54, 1.807) is 11.3 Å². The van der Waals surface area contributed by atoms with Crippen molar-refractivity contribution < 1.29 is 0 Å². The average Bonchev–Trinajstić information content (AvgIpc) is 2.84. The van der Waals surface area contributed by atoms with Crippen LogP contribution in [0.2, 0.25) is 0 Å². The van der Waals surface area contributed by atoms with Crippen molar-refractivity contribution in [2.24, 2.45) is 0 Å². The van der Waals surface area contributed by atoms with Crippen molar-refractivity contribution in [1.29, 1.82) is 0 Å². The van der Waals surface area contributed by atoms with E-state index in [1.165, 1.54) is 10.6 Å². The zero-order valence-corrected chi connectivity index (χ0v) is 12.7. The summed E-state index contributed by atoms with van der Waals surface area (Å²) in [7, 11) is 0. The number of nitrogens with one attached hydrogen (secondary N) is 1. The molecule has 0 aliphatic heterocycles. The molecule has 0 bridgehead atoms. The number of benzene rings is 1. The summed E-state index contributed by atoms with van der Waals surface area (Å²) in [5.74, 6) is 0. The molecule has 2 atom stereocenters. The van der Waals surface area contributed by atoms with E-state index < -0.39 is 0 Å². The van der Waals surface area contributed by atoms with E-state index in [2.05, 4.69) is 59.9 Å². The van der Waals surface area contributed by atoms with Crippen LogP contribution in [0.5, 0.6) is 0 Å². The van der Waals surface area contributed by atoms with E-state index in [9.17, 15) is 0 Å². The van der Waals surface area contributed by atoms with E-state index >= 15 is 0 Å². The topological polar surface area (TPSA) is 24.9 Å². The van der Waals surface area contributed by atoms with Gasteiger partial charge in [-0.05, 0) is 39.2 Å². The van der Waals surface area contributed by atoms with Crippen LogP contribution in [0.15, 0.2) is 35.7 Å². The molecule has 0 spiro atoms. The third-order valence-corrected chi connectivity index (χ3v) is 4.40. The molecule has 0 aliphatic carbocycles. The molecule has 0 amide bonds. The van der Waals surface area contributed by atoms with Crippen LogP contribution in [0, 0.1) is 6.92 Å². The highest BCUT2D eigenvalue weighted by Crippen LogP contribution is 2.18. The molecule has 2 rings (SSSR count). The molecular weight excluding hydrogens is 252 g/mol. The highest BCUT2D eigenvalue weighted by Gasteiger charge is 2.12. The van der Waals surface area contributed by atoms with Crippen molar-refractivity contribution >= 4 is 11.3 Å². The second kappa shape index (κ2) is 6.83. The predicted molar refractivity (Wildman–Crippen MR) is 82.6 cm³/mol. The molecule has 2 nitrogen and oxygen atoms in total. The van der Waals surface area contributed by atoms with Gasteiger partial charge in [0.25, 0.3) is 0 Å². The number of nitrogens with zero attached hydrogens (tertiary/aromatic N) is 1. The van der Waals surface area contributed by atoms with E-state index in [0.29, 0.717) is 12.1 Å². The summed E-state index contributed by atoms with van der Waals surface area (Å²) in [4.78, 5) is 4.54. The fourth-order valence-electron chi connectivity index (χ4n) is 2.18. The molecule has 0 fully saturated rings. The maximum atomic E-state index is 4.54. The maximum absolute atomic E-state index is 4.54. The SMILES string of the molecule is Cc1csc(C(C)NC(C)CCc2ccccc2)n1. The molecule has 0 saturated heterocycles. The minimum absolute atomic E-state index is 0.337. The average molecular weight is 274 g/mol. The first-order chi connectivity index (χ1) is 9.15. The molecule has 19 heavy (non-hydrogen) atoms. The van der Waals surface area contributed by atoms with Crippen molar-refractivity contribution in [3.05, 3.63) is 52.0 Å². The Kier molecular flexibility index (Phi) is 5.11. The molecule has 1 aromatic carbocycles. The van der Waals surface area contributed by atoms with E-state index in [4.69, 9.17) is 0 Å². The molecule has 102 valence electrons.